The lowest BCUT2D eigenvalue weighted by molar-refractivity contribution is 0.466. The Hall–Kier alpha value is -1.96. The van der Waals surface area contributed by atoms with Crippen LogP contribution in [0.15, 0.2) is 24.3 Å². The fourth-order valence-corrected chi connectivity index (χ4v) is 4.18. The molecule has 0 saturated carbocycles. The van der Waals surface area contributed by atoms with Gasteiger partial charge in [-0.2, -0.15) is 0 Å². The molecule has 1 unspecified atom stereocenters. The molecule has 1 atom stereocenters. The maximum atomic E-state index is 10.6. The fourth-order valence-electron chi connectivity index (χ4n) is 4.18. The Morgan fingerprint density at radius 2 is 1.46 bits per heavy atom. The second kappa shape index (κ2) is 10.5. The number of rotatable bonds is 10. The lowest BCUT2D eigenvalue weighted by Gasteiger charge is -2.24. The lowest BCUT2D eigenvalue weighted by Crippen LogP contribution is -2.08. The van der Waals surface area contributed by atoms with Crippen molar-refractivity contribution in [1.29, 1.82) is 0 Å². The van der Waals surface area contributed by atoms with E-state index in [9.17, 15) is 10.2 Å². The summed E-state index contributed by atoms with van der Waals surface area (Å²) < 4.78 is 0. The molecule has 0 aliphatic rings. The Morgan fingerprint density at radius 3 is 2.11 bits per heavy atom. The predicted molar refractivity (Wildman–Crippen MR) is 120 cm³/mol. The summed E-state index contributed by atoms with van der Waals surface area (Å²) in [6.07, 6.45) is 8.68. The minimum atomic E-state index is 0.253. The van der Waals surface area contributed by atoms with Crippen molar-refractivity contribution in [2.75, 3.05) is 0 Å². The molecule has 2 N–H and O–H groups in total. The van der Waals surface area contributed by atoms with Crippen LogP contribution in [0.3, 0.4) is 0 Å². The smallest absolute Gasteiger partial charge is 0.119 e. The van der Waals surface area contributed by atoms with Crippen molar-refractivity contribution in [3.8, 4) is 11.5 Å². The quantitative estimate of drug-likeness (QED) is 0.451. The van der Waals surface area contributed by atoms with Gasteiger partial charge in [0.2, 0.25) is 0 Å². The first-order chi connectivity index (χ1) is 13.4. The molecule has 2 aromatic carbocycles. The maximum absolute atomic E-state index is 10.6. The van der Waals surface area contributed by atoms with Crippen LogP contribution < -0.4 is 0 Å². The van der Waals surface area contributed by atoms with Crippen LogP contribution in [0.1, 0.15) is 98.6 Å². The molecule has 0 aliphatic carbocycles. The summed E-state index contributed by atoms with van der Waals surface area (Å²) >= 11 is 0. The summed E-state index contributed by atoms with van der Waals surface area (Å²) in [5.41, 5.74) is 7.10. The van der Waals surface area contributed by atoms with Crippen molar-refractivity contribution in [3.63, 3.8) is 0 Å². The Balaban J connectivity index is 2.57. The number of aryl methyl sites for hydroxylation is 1. The molecule has 0 heterocycles. The molecule has 0 spiro atoms. The second-order valence-electron chi connectivity index (χ2n) is 8.15. The SMILES string of the molecule is CCCCc1cc(C(CCC)c2ccc(O)c(C)c2CCCC)cc(O)c1C. The summed E-state index contributed by atoms with van der Waals surface area (Å²) in [7, 11) is 0. The van der Waals surface area contributed by atoms with Crippen LogP contribution in [0.4, 0.5) is 0 Å². The number of aromatic hydroxyl groups is 2. The number of phenols is 2. The van der Waals surface area contributed by atoms with Gasteiger partial charge in [-0.3, -0.25) is 0 Å². The zero-order valence-electron chi connectivity index (χ0n) is 18.4. The molecular weight excluding hydrogens is 344 g/mol. The minimum Gasteiger partial charge on any atom is -0.508 e. The van der Waals surface area contributed by atoms with Crippen molar-refractivity contribution >= 4 is 0 Å². The Morgan fingerprint density at radius 1 is 0.786 bits per heavy atom. The number of hydrogen-bond donors (Lipinski definition) is 2. The largest absolute Gasteiger partial charge is 0.508 e. The van der Waals surface area contributed by atoms with E-state index >= 15 is 0 Å². The standard InChI is InChI=1S/C26H38O2/c1-6-9-12-20-16-21(17-26(28)18(20)4)23(11-8-3)24-14-15-25(27)19(5)22(24)13-10-7-2/h14-17,23,27-28H,6-13H2,1-5H3. The van der Waals surface area contributed by atoms with E-state index in [4.69, 9.17) is 0 Å². The highest BCUT2D eigenvalue weighted by molar-refractivity contribution is 5.51. The third kappa shape index (κ3) is 5.10. The number of unbranched alkanes of at least 4 members (excludes halogenated alkanes) is 2. The number of phenolic OH excluding ortho intramolecular Hbond substituents is 2. The summed E-state index contributed by atoms with van der Waals surface area (Å²) in [6, 6.07) is 8.23. The number of benzene rings is 2. The Labute approximate surface area is 171 Å². The third-order valence-corrected chi connectivity index (χ3v) is 6.05. The average molecular weight is 383 g/mol. The second-order valence-corrected chi connectivity index (χ2v) is 8.15. The summed E-state index contributed by atoms with van der Waals surface area (Å²) in [6.45, 7) is 10.7. The van der Waals surface area contributed by atoms with Gasteiger partial charge in [0.25, 0.3) is 0 Å². The van der Waals surface area contributed by atoms with Crippen LogP contribution >= 0.6 is 0 Å². The van der Waals surface area contributed by atoms with E-state index < -0.39 is 0 Å². The van der Waals surface area contributed by atoms with Gasteiger partial charge in [0.1, 0.15) is 11.5 Å². The van der Waals surface area contributed by atoms with Crippen molar-refractivity contribution in [1.82, 2.24) is 0 Å². The highest BCUT2D eigenvalue weighted by Gasteiger charge is 2.21. The normalized spacial score (nSPS) is 12.3. The number of hydrogen-bond acceptors (Lipinski definition) is 2. The topological polar surface area (TPSA) is 40.5 Å². The van der Waals surface area contributed by atoms with Gasteiger partial charge >= 0.3 is 0 Å². The molecule has 0 fully saturated rings. The highest BCUT2D eigenvalue weighted by atomic mass is 16.3. The van der Waals surface area contributed by atoms with Crippen molar-refractivity contribution in [3.05, 3.63) is 57.6 Å². The predicted octanol–water partition coefficient (Wildman–Crippen LogP) is 7.33. The minimum absolute atomic E-state index is 0.253. The first kappa shape index (κ1) is 22.3. The first-order valence-electron chi connectivity index (χ1n) is 11.1. The molecule has 2 nitrogen and oxygen atoms in total. The van der Waals surface area contributed by atoms with Crippen LogP contribution in [-0.2, 0) is 12.8 Å². The van der Waals surface area contributed by atoms with E-state index in [1.54, 1.807) is 0 Å². The van der Waals surface area contributed by atoms with Crippen LogP contribution in [0.5, 0.6) is 11.5 Å². The summed E-state index contributed by atoms with van der Waals surface area (Å²) in [5.74, 6) is 1.05. The highest BCUT2D eigenvalue weighted by Crippen LogP contribution is 2.38. The van der Waals surface area contributed by atoms with Crippen LogP contribution in [0.25, 0.3) is 0 Å². The Bertz CT molecular complexity index is 776. The van der Waals surface area contributed by atoms with Gasteiger partial charge in [-0.25, -0.2) is 0 Å². The molecule has 0 radical (unpaired) electrons. The van der Waals surface area contributed by atoms with Crippen LogP contribution in [0.2, 0.25) is 0 Å². The third-order valence-electron chi connectivity index (χ3n) is 6.05. The molecule has 2 aromatic rings. The van der Waals surface area contributed by atoms with Crippen molar-refractivity contribution in [2.45, 2.75) is 91.9 Å². The molecular formula is C26H38O2. The van der Waals surface area contributed by atoms with Crippen LogP contribution in [-0.4, -0.2) is 10.2 Å². The summed E-state index contributed by atoms with van der Waals surface area (Å²) in [4.78, 5) is 0. The van der Waals surface area contributed by atoms with Crippen LogP contribution in [0, 0.1) is 13.8 Å². The zero-order valence-corrected chi connectivity index (χ0v) is 18.4. The monoisotopic (exact) mass is 382 g/mol. The van der Waals surface area contributed by atoms with Crippen molar-refractivity contribution in [2.24, 2.45) is 0 Å². The van der Waals surface area contributed by atoms with Gasteiger partial charge in [-0.1, -0.05) is 52.2 Å². The van der Waals surface area contributed by atoms with E-state index in [1.165, 1.54) is 22.3 Å². The van der Waals surface area contributed by atoms with E-state index in [-0.39, 0.29) is 5.92 Å². The van der Waals surface area contributed by atoms with Gasteiger partial charge < -0.3 is 10.2 Å². The average Bonchev–Trinajstić information content (AvgIpc) is 2.68. The molecule has 28 heavy (non-hydrogen) atoms. The van der Waals surface area contributed by atoms with Gasteiger partial charge in [-0.05, 0) is 91.5 Å². The van der Waals surface area contributed by atoms with E-state index in [0.717, 1.165) is 62.5 Å². The maximum Gasteiger partial charge on any atom is 0.119 e. The molecule has 0 bridgehead atoms. The van der Waals surface area contributed by atoms with E-state index in [0.29, 0.717) is 11.5 Å². The van der Waals surface area contributed by atoms with Gasteiger partial charge in [0.05, 0.1) is 0 Å². The van der Waals surface area contributed by atoms with Gasteiger partial charge in [0.15, 0.2) is 0 Å². The fraction of sp³-hybridized carbons (Fsp3) is 0.538. The van der Waals surface area contributed by atoms with E-state index in [1.807, 2.05) is 26.0 Å². The van der Waals surface area contributed by atoms with Crippen molar-refractivity contribution < 1.29 is 10.2 Å². The zero-order chi connectivity index (χ0) is 20.7. The molecule has 154 valence electrons. The van der Waals surface area contributed by atoms with Gasteiger partial charge in [-0.15, -0.1) is 0 Å². The lowest BCUT2D eigenvalue weighted by atomic mass is 9.81. The molecule has 0 aliphatic heterocycles. The molecule has 2 heteroatoms. The first-order valence-corrected chi connectivity index (χ1v) is 11.1. The Kier molecular flexibility index (Phi) is 8.41. The molecule has 0 saturated heterocycles. The molecule has 0 aromatic heterocycles. The van der Waals surface area contributed by atoms with Gasteiger partial charge in [0, 0.05) is 5.92 Å². The molecule has 2 rings (SSSR count). The summed E-state index contributed by atoms with van der Waals surface area (Å²) in [5, 5.41) is 20.9. The van der Waals surface area contributed by atoms with E-state index in [2.05, 4.69) is 32.9 Å². The molecule has 0 amide bonds.